The topological polar surface area (TPSA) is 76.6 Å². The Kier molecular flexibility index (Phi) is 7.12. The molecule has 2 fully saturated rings. The molecule has 1 saturated carbocycles. The second-order valence-electron chi connectivity index (χ2n) is 9.50. The number of ether oxygens (including phenoxy) is 2. The van der Waals surface area contributed by atoms with E-state index in [0.717, 1.165) is 54.7 Å². The van der Waals surface area contributed by atoms with Crippen molar-refractivity contribution >= 4 is 11.6 Å². The molecule has 2 aliphatic rings. The molecule has 2 aromatic carbocycles. The summed E-state index contributed by atoms with van der Waals surface area (Å²) in [7, 11) is 0. The van der Waals surface area contributed by atoms with Crippen LogP contribution < -0.4 is 19.7 Å². The molecule has 3 aromatic rings. The van der Waals surface area contributed by atoms with E-state index in [-0.39, 0.29) is 24.5 Å². The molecule has 1 saturated heterocycles. The summed E-state index contributed by atoms with van der Waals surface area (Å²) in [6, 6.07) is 16.3. The first-order chi connectivity index (χ1) is 17.1. The summed E-state index contributed by atoms with van der Waals surface area (Å²) in [4.78, 5) is 22.6. The molecular formula is C28H32N4O3. The molecule has 182 valence electrons. The summed E-state index contributed by atoms with van der Waals surface area (Å²) in [5.41, 5.74) is 3.04. The summed E-state index contributed by atoms with van der Waals surface area (Å²) in [5, 5.41) is 3.03. The number of anilines is 1. The average Bonchev–Trinajstić information content (AvgIpc) is 3.60. The van der Waals surface area contributed by atoms with Gasteiger partial charge in [0.05, 0.1) is 25.6 Å². The standard InChI is InChI=1S/C28H32N4O3/c1-20(31-28(33)14-22-15-29-19-30-16-22)23-4-8-26(9-5-23)35-27-12-13-32(17-27)24-6-10-25(11-7-24)34-18-21-2-3-21/h4-11,15-16,19-21,27H,2-3,12-14,17-18H2,1H3,(H,31,33)/t20-,27+/m0/s1. The molecule has 1 aliphatic heterocycles. The van der Waals surface area contributed by atoms with Crippen LogP contribution in [0.25, 0.3) is 0 Å². The van der Waals surface area contributed by atoms with Crippen LogP contribution in [0.15, 0.2) is 67.3 Å². The molecule has 0 unspecified atom stereocenters. The Morgan fingerprint density at radius 2 is 1.74 bits per heavy atom. The van der Waals surface area contributed by atoms with Crippen LogP contribution in [0, 0.1) is 5.92 Å². The maximum atomic E-state index is 12.3. The SMILES string of the molecule is C[C@H](NC(=O)Cc1cncnc1)c1ccc(O[C@@H]2CCN(c3ccc(OCC4CC4)cc3)C2)cc1. The molecule has 5 rings (SSSR count). The molecule has 0 radical (unpaired) electrons. The van der Waals surface area contributed by atoms with Gasteiger partial charge in [0, 0.05) is 31.0 Å². The molecule has 1 amide bonds. The number of hydrogen-bond acceptors (Lipinski definition) is 6. The van der Waals surface area contributed by atoms with Gasteiger partial charge in [-0.25, -0.2) is 9.97 Å². The molecule has 7 nitrogen and oxygen atoms in total. The summed E-state index contributed by atoms with van der Waals surface area (Å²) < 4.78 is 12.1. The van der Waals surface area contributed by atoms with Crippen LogP contribution in [-0.4, -0.2) is 41.7 Å². The lowest BCUT2D eigenvalue weighted by Gasteiger charge is -2.20. The van der Waals surface area contributed by atoms with E-state index in [1.807, 2.05) is 31.2 Å². The lowest BCUT2D eigenvalue weighted by Crippen LogP contribution is -2.28. The van der Waals surface area contributed by atoms with E-state index in [9.17, 15) is 4.79 Å². The molecule has 35 heavy (non-hydrogen) atoms. The van der Waals surface area contributed by atoms with Crippen molar-refractivity contribution in [1.82, 2.24) is 15.3 Å². The largest absolute Gasteiger partial charge is 0.493 e. The predicted molar refractivity (Wildman–Crippen MR) is 135 cm³/mol. The van der Waals surface area contributed by atoms with E-state index in [2.05, 4.69) is 44.5 Å². The number of hydrogen-bond donors (Lipinski definition) is 1. The van der Waals surface area contributed by atoms with Gasteiger partial charge in [-0.15, -0.1) is 0 Å². The summed E-state index contributed by atoms with van der Waals surface area (Å²) in [5.74, 6) is 2.51. The Balaban J connectivity index is 1.08. The summed E-state index contributed by atoms with van der Waals surface area (Å²) in [6.07, 6.45) is 8.78. The minimum atomic E-state index is -0.0978. The Labute approximate surface area is 206 Å². The molecule has 1 aliphatic carbocycles. The molecule has 1 aromatic heterocycles. The number of carbonyl (C=O) groups excluding carboxylic acids is 1. The molecule has 7 heteroatoms. The van der Waals surface area contributed by atoms with Gasteiger partial charge in [0.2, 0.25) is 5.91 Å². The fraction of sp³-hybridized carbons (Fsp3) is 0.393. The first kappa shape index (κ1) is 23.1. The van der Waals surface area contributed by atoms with Crippen molar-refractivity contribution in [3.8, 4) is 11.5 Å². The third kappa shape index (κ3) is 6.50. The number of aromatic nitrogens is 2. The fourth-order valence-corrected chi connectivity index (χ4v) is 4.32. The number of nitrogens with zero attached hydrogens (tertiary/aromatic N) is 3. The molecule has 0 bridgehead atoms. The van der Waals surface area contributed by atoms with Crippen LogP contribution in [-0.2, 0) is 11.2 Å². The first-order valence-electron chi connectivity index (χ1n) is 12.4. The highest BCUT2D eigenvalue weighted by molar-refractivity contribution is 5.78. The van der Waals surface area contributed by atoms with Crippen LogP contribution >= 0.6 is 0 Å². The lowest BCUT2D eigenvalue weighted by atomic mass is 10.1. The highest BCUT2D eigenvalue weighted by Crippen LogP contribution is 2.30. The van der Waals surface area contributed by atoms with E-state index in [1.54, 1.807) is 12.4 Å². The molecule has 2 heterocycles. The maximum Gasteiger partial charge on any atom is 0.225 e. The summed E-state index contributed by atoms with van der Waals surface area (Å²) in [6.45, 7) is 4.65. The zero-order valence-electron chi connectivity index (χ0n) is 20.1. The molecule has 0 spiro atoms. The van der Waals surface area contributed by atoms with Crippen molar-refractivity contribution in [2.24, 2.45) is 5.92 Å². The Morgan fingerprint density at radius 1 is 1.03 bits per heavy atom. The Hall–Kier alpha value is -3.61. The second-order valence-corrected chi connectivity index (χ2v) is 9.50. The van der Waals surface area contributed by atoms with Gasteiger partial charge in [0.1, 0.15) is 23.9 Å². The molecular weight excluding hydrogens is 440 g/mol. The van der Waals surface area contributed by atoms with E-state index >= 15 is 0 Å². The van der Waals surface area contributed by atoms with Gasteiger partial charge >= 0.3 is 0 Å². The monoisotopic (exact) mass is 472 g/mol. The number of benzene rings is 2. The smallest absolute Gasteiger partial charge is 0.225 e. The minimum absolute atomic E-state index is 0.0545. The van der Waals surface area contributed by atoms with Gasteiger partial charge in [0.25, 0.3) is 0 Å². The highest BCUT2D eigenvalue weighted by atomic mass is 16.5. The van der Waals surface area contributed by atoms with E-state index in [1.165, 1.54) is 24.9 Å². The number of rotatable bonds is 10. The fourth-order valence-electron chi connectivity index (χ4n) is 4.32. The number of nitrogens with one attached hydrogen (secondary N) is 1. The lowest BCUT2D eigenvalue weighted by molar-refractivity contribution is -0.121. The third-order valence-electron chi connectivity index (χ3n) is 6.57. The van der Waals surface area contributed by atoms with Gasteiger partial charge in [-0.2, -0.15) is 0 Å². The third-order valence-corrected chi connectivity index (χ3v) is 6.57. The van der Waals surface area contributed by atoms with E-state index in [0.29, 0.717) is 0 Å². The van der Waals surface area contributed by atoms with E-state index in [4.69, 9.17) is 9.47 Å². The average molecular weight is 473 g/mol. The zero-order chi connectivity index (χ0) is 24.0. The van der Waals surface area contributed by atoms with Crippen LogP contribution in [0.4, 0.5) is 5.69 Å². The molecule has 1 N–H and O–H groups in total. The van der Waals surface area contributed by atoms with Crippen molar-refractivity contribution in [2.75, 3.05) is 24.6 Å². The van der Waals surface area contributed by atoms with Crippen molar-refractivity contribution in [2.45, 2.75) is 44.8 Å². The van der Waals surface area contributed by atoms with E-state index < -0.39 is 0 Å². The van der Waals surface area contributed by atoms with Crippen molar-refractivity contribution in [1.29, 1.82) is 0 Å². The van der Waals surface area contributed by atoms with Crippen molar-refractivity contribution in [3.63, 3.8) is 0 Å². The van der Waals surface area contributed by atoms with Crippen molar-refractivity contribution < 1.29 is 14.3 Å². The minimum Gasteiger partial charge on any atom is -0.493 e. The maximum absolute atomic E-state index is 12.3. The van der Waals surface area contributed by atoms with Crippen molar-refractivity contribution in [3.05, 3.63) is 78.4 Å². The van der Waals surface area contributed by atoms with Crippen LogP contribution in [0.3, 0.4) is 0 Å². The highest BCUT2D eigenvalue weighted by Gasteiger charge is 2.25. The zero-order valence-corrected chi connectivity index (χ0v) is 20.1. The van der Waals surface area contributed by atoms with Gasteiger partial charge < -0.3 is 19.7 Å². The summed E-state index contributed by atoms with van der Waals surface area (Å²) >= 11 is 0. The van der Waals surface area contributed by atoms with Crippen LogP contribution in [0.2, 0.25) is 0 Å². The normalized spacial score (nSPS) is 18.2. The predicted octanol–water partition coefficient (Wildman–Crippen LogP) is 4.34. The van der Waals surface area contributed by atoms with Gasteiger partial charge in [-0.3, -0.25) is 4.79 Å². The van der Waals surface area contributed by atoms with Gasteiger partial charge in [-0.05, 0) is 73.2 Å². The van der Waals surface area contributed by atoms with Gasteiger partial charge in [-0.1, -0.05) is 12.1 Å². The van der Waals surface area contributed by atoms with Gasteiger partial charge in [0.15, 0.2) is 0 Å². The first-order valence-corrected chi connectivity index (χ1v) is 12.4. The second kappa shape index (κ2) is 10.8. The number of carbonyl (C=O) groups is 1. The molecule has 2 atom stereocenters. The Bertz CT molecular complexity index is 1100. The quantitative estimate of drug-likeness (QED) is 0.473. The van der Waals surface area contributed by atoms with Crippen LogP contribution in [0.5, 0.6) is 11.5 Å². The number of amides is 1. The Morgan fingerprint density at radius 3 is 2.46 bits per heavy atom. The van der Waals surface area contributed by atoms with Crippen LogP contribution in [0.1, 0.15) is 43.4 Å².